The van der Waals surface area contributed by atoms with Crippen molar-refractivity contribution in [3.63, 3.8) is 0 Å². The lowest BCUT2D eigenvalue weighted by Gasteiger charge is -2.27. The third-order valence-electron chi connectivity index (χ3n) is 3.72. The summed E-state index contributed by atoms with van der Waals surface area (Å²) in [6.07, 6.45) is 1.82. The predicted molar refractivity (Wildman–Crippen MR) is 87.5 cm³/mol. The van der Waals surface area contributed by atoms with Crippen LogP contribution in [-0.2, 0) is 16.6 Å². The SMILES string of the molecule is CN(C)CC1CCCN1S(=O)(=O)c1cc(CN)ccc1Br. The van der Waals surface area contributed by atoms with Crippen molar-refractivity contribution in [1.29, 1.82) is 0 Å². The Hall–Kier alpha value is -0.470. The minimum absolute atomic E-state index is 0.0402. The molecule has 0 amide bonds. The van der Waals surface area contributed by atoms with Crippen LogP contribution >= 0.6 is 15.9 Å². The van der Waals surface area contributed by atoms with Gasteiger partial charge in [0.05, 0.1) is 4.90 Å². The van der Waals surface area contributed by atoms with Crippen LogP contribution in [0.3, 0.4) is 0 Å². The van der Waals surface area contributed by atoms with E-state index in [1.807, 2.05) is 25.1 Å². The molecule has 5 nitrogen and oxygen atoms in total. The Morgan fingerprint density at radius 1 is 1.43 bits per heavy atom. The second-order valence-electron chi connectivity index (χ2n) is 5.64. The van der Waals surface area contributed by atoms with Crippen molar-refractivity contribution in [3.05, 3.63) is 28.2 Å². The molecule has 118 valence electrons. The molecule has 2 rings (SSSR count). The number of rotatable bonds is 5. The Morgan fingerprint density at radius 2 is 2.14 bits per heavy atom. The molecule has 1 aromatic carbocycles. The van der Waals surface area contributed by atoms with Gasteiger partial charge in [-0.3, -0.25) is 0 Å². The molecule has 2 N–H and O–H groups in total. The minimum atomic E-state index is -3.49. The fourth-order valence-electron chi connectivity index (χ4n) is 2.73. The average molecular weight is 376 g/mol. The summed E-state index contributed by atoms with van der Waals surface area (Å²) in [7, 11) is 0.440. The van der Waals surface area contributed by atoms with Gasteiger partial charge in [0.2, 0.25) is 10.0 Å². The molecule has 0 spiro atoms. The van der Waals surface area contributed by atoms with Crippen molar-refractivity contribution in [2.24, 2.45) is 5.73 Å². The molecule has 0 saturated carbocycles. The summed E-state index contributed by atoms with van der Waals surface area (Å²) in [5, 5.41) is 0. The number of hydrogen-bond acceptors (Lipinski definition) is 4. The molecule has 1 atom stereocenters. The van der Waals surface area contributed by atoms with Crippen molar-refractivity contribution in [2.45, 2.75) is 30.3 Å². The quantitative estimate of drug-likeness (QED) is 0.848. The van der Waals surface area contributed by atoms with E-state index in [2.05, 4.69) is 15.9 Å². The van der Waals surface area contributed by atoms with Gasteiger partial charge in [-0.05, 0) is 60.6 Å². The lowest BCUT2D eigenvalue weighted by Crippen LogP contribution is -2.41. The van der Waals surface area contributed by atoms with Crippen LogP contribution < -0.4 is 5.73 Å². The van der Waals surface area contributed by atoms with E-state index in [0.29, 0.717) is 22.5 Å². The van der Waals surface area contributed by atoms with Gasteiger partial charge < -0.3 is 10.6 Å². The highest BCUT2D eigenvalue weighted by atomic mass is 79.9. The van der Waals surface area contributed by atoms with E-state index >= 15 is 0 Å². The second kappa shape index (κ2) is 6.75. The van der Waals surface area contributed by atoms with Gasteiger partial charge in [-0.2, -0.15) is 4.31 Å². The van der Waals surface area contributed by atoms with Crippen molar-refractivity contribution in [1.82, 2.24) is 9.21 Å². The lowest BCUT2D eigenvalue weighted by molar-refractivity contribution is 0.291. The zero-order valence-corrected chi connectivity index (χ0v) is 14.8. The largest absolute Gasteiger partial charge is 0.326 e. The van der Waals surface area contributed by atoms with E-state index in [0.717, 1.165) is 24.9 Å². The fourth-order valence-corrected chi connectivity index (χ4v) is 5.39. The highest BCUT2D eigenvalue weighted by Gasteiger charge is 2.36. The molecule has 0 radical (unpaired) electrons. The fraction of sp³-hybridized carbons (Fsp3) is 0.571. The predicted octanol–water partition coefficient (Wildman–Crippen LogP) is 1.62. The molecule has 0 aliphatic carbocycles. The average Bonchev–Trinajstić information content (AvgIpc) is 2.87. The molecule has 1 saturated heterocycles. The topological polar surface area (TPSA) is 66.6 Å². The van der Waals surface area contributed by atoms with E-state index in [-0.39, 0.29) is 6.04 Å². The van der Waals surface area contributed by atoms with Gasteiger partial charge in [0.1, 0.15) is 0 Å². The third-order valence-corrected chi connectivity index (χ3v) is 6.66. The Bertz CT molecular complexity index is 604. The third kappa shape index (κ3) is 3.65. The van der Waals surface area contributed by atoms with Crippen LogP contribution in [0.2, 0.25) is 0 Å². The molecule has 1 unspecified atom stereocenters. The molecule has 1 aliphatic heterocycles. The van der Waals surface area contributed by atoms with Crippen LogP contribution in [0.5, 0.6) is 0 Å². The van der Waals surface area contributed by atoms with Crippen molar-refractivity contribution in [3.8, 4) is 0 Å². The first-order valence-corrected chi connectivity index (χ1v) is 9.24. The molecular weight excluding hydrogens is 354 g/mol. The summed E-state index contributed by atoms with van der Waals surface area (Å²) in [5.74, 6) is 0. The number of sulfonamides is 1. The number of nitrogens with two attached hydrogens (primary N) is 1. The van der Waals surface area contributed by atoms with Crippen molar-refractivity contribution >= 4 is 26.0 Å². The van der Waals surface area contributed by atoms with Gasteiger partial charge in [0.25, 0.3) is 0 Å². The first-order chi connectivity index (χ1) is 9.86. The molecular formula is C14H22BrN3O2S. The maximum Gasteiger partial charge on any atom is 0.244 e. The van der Waals surface area contributed by atoms with Gasteiger partial charge in [-0.15, -0.1) is 0 Å². The van der Waals surface area contributed by atoms with Gasteiger partial charge >= 0.3 is 0 Å². The molecule has 1 aliphatic rings. The van der Waals surface area contributed by atoms with Crippen LogP contribution in [0.15, 0.2) is 27.6 Å². The number of nitrogens with zero attached hydrogens (tertiary/aromatic N) is 2. The molecule has 1 aromatic rings. The van der Waals surface area contributed by atoms with Crippen LogP contribution in [0.1, 0.15) is 18.4 Å². The van der Waals surface area contributed by atoms with Gasteiger partial charge in [-0.1, -0.05) is 6.07 Å². The number of benzene rings is 1. The van der Waals surface area contributed by atoms with E-state index in [9.17, 15) is 8.42 Å². The highest BCUT2D eigenvalue weighted by Crippen LogP contribution is 2.31. The summed E-state index contributed by atoms with van der Waals surface area (Å²) in [4.78, 5) is 2.35. The summed E-state index contributed by atoms with van der Waals surface area (Å²) >= 11 is 3.36. The first kappa shape index (κ1) is 16.9. The van der Waals surface area contributed by atoms with Crippen LogP contribution in [0, 0.1) is 0 Å². The Labute approximate surface area is 135 Å². The first-order valence-electron chi connectivity index (χ1n) is 7.01. The maximum absolute atomic E-state index is 13.0. The smallest absolute Gasteiger partial charge is 0.244 e. The van der Waals surface area contributed by atoms with Crippen LogP contribution in [0.25, 0.3) is 0 Å². The van der Waals surface area contributed by atoms with Crippen LogP contribution in [-0.4, -0.2) is 50.8 Å². The zero-order chi connectivity index (χ0) is 15.6. The Balaban J connectivity index is 2.37. The van der Waals surface area contributed by atoms with Gasteiger partial charge in [-0.25, -0.2) is 8.42 Å². The van der Waals surface area contributed by atoms with E-state index in [1.54, 1.807) is 16.4 Å². The normalized spacial score (nSPS) is 20.3. The van der Waals surface area contributed by atoms with Crippen molar-refractivity contribution < 1.29 is 8.42 Å². The summed E-state index contributed by atoms with van der Waals surface area (Å²) in [6.45, 7) is 1.66. The lowest BCUT2D eigenvalue weighted by atomic mass is 10.2. The standard InChI is InChI=1S/C14H22BrN3O2S/c1-17(2)10-12-4-3-7-18(12)21(19,20)14-8-11(9-16)5-6-13(14)15/h5-6,8,12H,3-4,7,9-10,16H2,1-2H3. The Kier molecular flexibility index (Phi) is 5.43. The summed E-state index contributed by atoms with van der Waals surface area (Å²) in [5.41, 5.74) is 6.45. The van der Waals surface area contributed by atoms with Gasteiger partial charge in [0, 0.05) is 30.1 Å². The summed E-state index contributed by atoms with van der Waals surface area (Å²) < 4.78 is 28.1. The molecule has 7 heteroatoms. The number of halogens is 1. The van der Waals surface area contributed by atoms with Gasteiger partial charge in [0.15, 0.2) is 0 Å². The zero-order valence-electron chi connectivity index (χ0n) is 12.4. The molecule has 0 aromatic heterocycles. The maximum atomic E-state index is 13.0. The van der Waals surface area contributed by atoms with Crippen LogP contribution in [0.4, 0.5) is 0 Å². The number of hydrogen-bond donors (Lipinski definition) is 1. The summed E-state index contributed by atoms with van der Waals surface area (Å²) in [6, 6.07) is 5.31. The van der Waals surface area contributed by atoms with E-state index in [4.69, 9.17) is 5.73 Å². The highest BCUT2D eigenvalue weighted by molar-refractivity contribution is 9.10. The molecule has 21 heavy (non-hydrogen) atoms. The number of likely N-dealkylation sites (N-methyl/N-ethyl adjacent to an activating group) is 1. The minimum Gasteiger partial charge on any atom is -0.326 e. The van der Waals surface area contributed by atoms with E-state index in [1.165, 1.54) is 0 Å². The van der Waals surface area contributed by atoms with E-state index < -0.39 is 10.0 Å². The van der Waals surface area contributed by atoms with Crippen molar-refractivity contribution in [2.75, 3.05) is 27.2 Å². The monoisotopic (exact) mass is 375 g/mol. The molecule has 1 fully saturated rings. The molecule has 1 heterocycles. The second-order valence-corrected chi connectivity index (χ2v) is 8.36. The molecule has 0 bridgehead atoms. The Morgan fingerprint density at radius 3 is 2.76 bits per heavy atom.